The van der Waals surface area contributed by atoms with Gasteiger partial charge in [0.2, 0.25) is 10.0 Å². The highest BCUT2D eigenvalue weighted by Gasteiger charge is 2.34. The van der Waals surface area contributed by atoms with Crippen molar-refractivity contribution in [1.29, 1.82) is 0 Å². The Kier molecular flexibility index (Phi) is 5.40. The minimum absolute atomic E-state index is 0.0294. The summed E-state index contributed by atoms with van der Waals surface area (Å²) in [6.45, 7) is 0.227. The van der Waals surface area contributed by atoms with Crippen molar-refractivity contribution in [2.75, 3.05) is 26.2 Å². The van der Waals surface area contributed by atoms with Crippen molar-refractivity contribution in [3.63, 3.8) is 0 Å². The van der Waals surface area contributed by atoms with Crippen molar-refractivity contribution in [2.24, 2.45) is 0 Å². The molecule has 5 nitrogen and oxygen atoms in total. The van der Waals surface area contributed by atoms with Crippen molar-refractivity contribution >= 4 is 31.9 Å². The molecule has 0 unspecified atom stereocenters. The van der Waals surface area contributed by atoms with Gasteiger partial charge in [-0.25, -0.2) is 17.2 Å². The maximum absolute atomic E-state index is 13.8. The molecule has 0 aliphatic carbocycles. The fourth-order valence-corrected chi connectivity index (χ4v) is 4.56. The van der Waals surface area contributed by atoms with E-state index >= 15 is 0 Å². The van der Waals surface area contributed by atoms with Crippen LogP contribution in [0.1, 0.15) is 10.4 Å². The van der Waals surface area contributed by atoms with E-state index in [0.717, 1.165) is 27.0 Å². The molecule has 1 fully saturated rings. The van der Waals surface area contributed by atoms with Crippen molar-refractivity contribution in [1.82, 2.24) is 9.21 Å². The third-order valence-corrected chi connectivity index (χ3v) is 6.61. The summed E-state index contributed by atoms with van der Waals surface area (Å²) in [6, 6.07) is 9.75. The number of benzene rings is 2. The summed E-state index contributed by atoms with van der Waals surface area (Å²) >= 11 is 3.29. The largest absolute Gasteiger partial charge is 0.336 e. The highest BCUT2D eigenvalue weighted by atomic mass is 79.9. The molecule has 0 atom stereocenters. The van der Waals surface area contributed by atoms with Gasteiger partial charge >= 0.3 is 0 Å². The Morgan fingerprint density at radius 3 is 2.00 bits per heavy atom. The quantitative estimate of drug-likeness (QED) is 0.731. The van der Waals surface area contributed by atoms with Crippen LogP contribution >= 0.6 is 15.9 Å². The van der Waals surface area contributed by atoms with Gasteiger partial charge in [0.1, 0.15) is 11.6 Å². The van der Waals surface area contributed by atoms with E-state index in [1.54, 1.807) is 24.3 Å². The van der Waals surface area contributed by atoms with Crippen molar-refractivity contribution < 1.29 is 22.0 Å². The Labute approximate surface area is 158 Å². The van der Waals surface area contributed by atoms with Gasteiger partial charge in [-0.15, -0.1) is 0 Å². The van der Waals surface area contributed by atoms with Crippen LogP contribution in [-0.4, -0.2) is 49.7 Å². The smallest absolute Gasteiger partial charge is 0.253 e. The van der Waals surface area contributed by atoms with E-state index in [0.29, 0.717) is 5.56 Å². The van der Waals surface area contributed by atoms with Gasteiger partial charge in [0.25, 0.3) is 5.91 Å². The van der Waals surface area contributed by atoms with Crippen molar-refractivity contribution in [3.8, 4) is 0 Å². The van der Waals surface area contributed by atoms with Crippen LogP contribution in [0, 0.1) is 11.6 Å². The predicted molar refractivity (Wildman–Crippen MR) is 95.2 cm³/mol. The summed E-state index contributed by atoms with van der Waals surface area (Å²) in [6.07, 6.45) is 0. The summed E-state index contributed by atoms with van der Waals surface area (Å²) in [5.74, 6) is -2.47. The summed E-state index contributed by atoms with van der Waals surface area (Å²) in [4.78, 5) is 13.0. The van der Waals surface area contributed by atoms with Gasteiger partial charge in [0.15, 0.2) is 4.90 Å². The number of carbonyl (C=O) groups excluding carboxylic acids is 1. The van der Waals surface area contributed by atoms with Crippen LogP contribution in [0.25, 0.3) is 0 Å². The standard InChI is InChI=1S/C17H15BrF2N2O3S/c18-13-6-4-12(5-7-13)17(23)21-8-10-22(11-9-21)26(24,25)16-14(19)2-1-3-15(16)20/h1-7H,8-11H2. The number of sulfonamides is 1. The lowest BCUT2D eigenvalue weighted by Crippen LogP contribution is -2.50. The number of halogens is 3. The van der Waals surface area contributed by atoms with Crippen LogP contribution in [0.3, 0.4) is 0 Å². The van der Waals surface area contributed by atoms with E-state index in [9.17, 15) is 22.0 Å². The molecule has 9 heteroatoms. The number of hydrogen-bond acceptors (Lipinski definition) is 3. The molecule has 0 aromatic heterocycles. The molecule has 0 radical (unpaired) electrons. The number of piperazine rings is 1. The van der Waals surface area contributed by atoms with Gasteiger partial charge in [-0.2, -0.15) is 4.31 Å². The molecule has 0 spiro atoms. The number of rotatable bonds is 3. The molecule has 26 heavy (non-hydrogen) atoms. The molecule has 1 aliphatic heterocycles. The van der Waals surface area contributed by atoms with Gasteiger partial charge in [-0.05, 0) is 36.4 Å². The maximum Gasteiger partial charge on any atom is 0.253 e. The Bertz CT molecular complexity index is 907. The average molecular weight is 445 g/mol. The molecule has 1 heterocycles. The maximum atomic E-state index is 13.8. The van der Waals surface area contributed by atoms with E-state index in [-0.39, 0.29) is 32.1 Å². The van der Waals surface area contributed by atoms with E-state index in [1.807, 2.05) is 0 Å². The summed E-state index contributed by atoms with van der Waals surface area (Å²) in [7, 11) is -4.30. The Morgan fingerprint density at radius 1 is 0.923 bits per heavy atom. The minimum atomic E-state index is -4.30. The Hall–Kier alpha value is -1.84. The molecule has 0 saturated carbocycles. The van der Waals surface area contributed by atoms with Crippen LogP contribution in [0.15, 0.2) is 51.8 Å². The molecular weight excluding hydrogens is 430 g/mol. The van der Waals surface area contributed by atoms with Crippen LogP contribution in [0.2, 0.25) is 0 Å². The van der Waals surface area contributed by atoms with Crippen molar-refractivity contribution in [2.45, 2.75) is 4.90 Å². The van der Waals surface area contributed by atoms with Crippen LogP contribution < -0.4 is 0 Å². The number of carbonyl (C=O) groups is 1. The molecule has 0 N–H and O–H groups in total. The van der Waals surface area contributed by atoms with Gasteiger partial charge in [0.05, 0.1) is 0 Å². The van der Waals surface area contributed by atoms with Crippen LogP contribution in [0.5, 0.6) is 0 Å². The molecule has 138 valence electrons. The number of nitrogens with zero attached hydrogens (tertiary/aromatic N) is 2. The summed E-state index contributed by atoms with van der Waals surface area (Å²) in [5.41, 5.74) is 0.490. The summed E-state index contributed by atoms with van der Waals surface area (Å²) < 4.78 is 54.6. The van der Waals surface area contributed by atoms with Crippen molar-refractivity contribution in [3.05, 3.63) is 64.1 Å². The molecule has 1 saturated heterocycles. The first-order valence-corrected chi connectivity index (χ1v) is 10.0. The first-order valence-electron chi connectivity index (χ1n) is 7.80. The molecule has 1 aliphatic rings. The van der Waals surface area contributed by atoms with E-state index in [1.165, 1.54) is 4.90 Å². The highest BCUT2D eigenvalue weighted by molar-refractivity contribution is 9.10. The third-order valence-electron chi connectivity index (χ3n) is 4.13. The molecule has 2 aromatic rings. The molecule has 0 bridgehead atoms. The zero-order chi connectivity index (χ0) is 18.9. The van der Waals surface area contributed by atoms with Gasteiger partial charge in [-0.3, -0.25) is 4.79 Å². The van der Waals surface area contributed by atoms with E-state index in [4.69, 9.17) is 0 Å². The topological polar surface area (TPSA) is 57.7 Å². The fraction of sp³-hybridized carbons (Fsp3) is 0.235. The molecule has 1 amide bonds. The lowest BCUT2D eigenvalue weighted by Gasteiger charge is -2.34. The van der Waals surface area contributed by atoms with Gasteiger partial charge in [-0.1, -0.05) is 22.0 Å². The Morgan fingerprint density at radius 2 is 1.46 bits per heavy atom. The normalized spacial score (nSPS) is 15.9. The van der Waals surface area contributed by atoms with Gasteiger partial charge in [0, 0.05) is 36.2 Å². The van der Waals surface area contributed by atoms with Gasteiger partial charge < -0.3 is 4.90 Å². The second-order valence-electron chi connectivity index (χ2n) is 5.75. The minimum Gasteiger partial charge on any atom is -0.336 e. The Balaban J connectivity index is 1.74. The first kappa shape index (κ1) is 18.9. The van der Waals surface area contributed by atoms with E-state index < -0.39 is 26.6 Å². The lowest BCUT2D eigenvalue weighted by molar-refractivity contribution is 0.0697. The van der Waals surface area contributed by atoms with Crippen LogP contribution in [0.4, 0.5) is 8.78 Å². The van der Waals surface area contributed by atoms with Crippen LogP contribution in [-0.2, 0) is 10.0 Å². The number of amides is 1. The molecule has 3 rings (SSSR count). The average Bonchev–Trinajstić information content (AvgIpc) is 2.61. The zero-order valence-electron chi connectivity index (χ0n) is 13.5. The SMILES string of the molecule is O=C(c1ccc(Br)cc1)N1CCN(S(=O)(=O)c2c(F)cccc2F)CC1. The molecule has 2 aromatic carbocycles. The monoisotopic (exact) mass is 444 g/mol. The number of hydrogen-bond donors (Lipinski definition) is 0. The van der Waals surface area contributed by atoms with E-state index in [2.05, 4.69) is 15.9 Å². The second kappa shape index (κ2) is 7.42. The first-order chi connectivity index (χ1) is 12.3. The molecular formula is C17H15BrF2N2O3S. The predicted octanol–water partition coefficient (Wildman–Crippen LogP) is 2.87. The fourth-order valence-electron chi connectivity index (χ4n) is 2.76. The third kappa shape index (κ3) is 3.65. The zero-order valence-corrected chi connectivity index (χ0v) is 15.9. The second-order valence-corrected chi connectivity index (χ2v) is 8.54. The lowest BCUT2D eigenvalue weighted by atomic mass is 10.2. The highest BCUT2D eigenvalue weighted by Crippen LogP contribution is 2.24. The summed E-state index contributed by atoms with van der Waals surface area (Å²) in [5, 5.41) is 0.